The summed E-state index contributed by atoms with van der Waals surface area (Å²) in [6.07, 6.45) is 0. The number of benzene rings is 1. The minimum Gasteiger partial charge on any atom is -0.497 e. The van der Waals surface area contributed by atoms with Crippen LogP contribution in [0, 0.1) is 0 Å². The van der Waals surface area contributed by atoms with Gasteiger partial charge in [-0.3, -0.25) is 0 Å². The van der Waals surface area contributed by atoms with Crippen molar-refractivity contribution in [3.63, 3.8) is 0 Å². The van der Waals surface area contributed by atoms with Gasteiger partial charge < -0.3 is 9.47 Å². The van der Waals surface area contributed by atoms with Crippen LogP contribution in [0.15, 0.2) is 35.3 Å². The van der Waals surface area contributed by atoms with Crippen molar-refractivity contribution in [3.8, 4) is 11.5 Å². The molecule has 0 saturated heterocycles. The molecule has 0 unspecified atom stereocenters. The Morgan fingerprint density at radius 1 is 1.31 bits per heavy atom. The van der Waals surface area contributed by atoms with E-state index < -0.39 is 0 Å². The molecular weight excluding hydrogens is 232 g/mol. The van der Waals surface area contributed by atoms with E-state index in [4.69, 9.17) is 9.47 Å². The van der Waals surface area contributed by atoms with Gasteiger partial charge in [0.05, 0.1) is 7.11 Å². The van der Waals surface area contributed by atoms with Crippen LogP contribution in [0.25, 0.3) is 0 Å². The monoisotopic (exact) mass is 242 g/mol. The van der Waals surface area contributed by atoms with Crippen molar-refractivity contribution in [1.82, 2.24) is 0 Å². The molecule has 1 rings (SSSR count). The Kier molecular flexibility index (Phi) is 3.83. The van der Waals surface area contributed by atoms with Crippen molar-refractivity contribution in [2.75, 3.05) is 13.7 Å². The SMILES string of the molecule is C=C(Br)COc1ccc(OC)cc1. The molecule has 0 saturated carbocycles. The molecule has 0 fully saturated rings. The minimum absolute atomic E-state index is 0.479. The molecule has 0 aliphatic carbocycles. The van der Waals surface area contributed by atoms with E-state index in [1.165, 1.54) is 0 Å². The summed E-state index contributed by atoms with van der Waals surface area (Å²) in [5, 5.41) is 0. The van der Waals surface area contributed by atoms with E-state index in [0.29, 0.717) is 6.61 Å². The number of ether oxygens (including phenoxy) is 2. The lowest BCUT2D eigenvalue weighted by Crippen LogP contribution is -1.95. The molecule has 0 aliphatic heterocycles. The predicted octanol–water partition coefficient (Wildman–Crippen LogP) is 2.98. The predicted molar refractivity (Wildman–Crippen MR) is 56.6 cm³/mol. The van der Waals surface area contributed by atoms with Gasteiger partial charge >= 0.3 is 0 Å². The maximum Gasteiger partial charge on any atom is 0.120 e. The van der Waals surface area contributed by atoms with Crippen molar-refractivity contribution in [2.45, 2.75) is 0 Å². The van der Waals surface area contributed by atoms with Crippen LogP contribution in [0.2, 0.25) is 0 Å². The van der Waals surface area contributed by atoms with Gasteiger partial charge in [-0.25, -0.2) is 0 Å². The first-order valence-corrected chi connectivity index (χ1v) is 4.62. The lowest BCUT2D eigenvalue weighted by atomic mass is 10.3. The van der Waals surface area contributed by atoms with Gasteiger partial charge in [0, 0.05) is 4.48 Å². The second-order valence-corrected chi connectivity index (χ2v) is 3.60. The average Bonchev–Trinajstić information content (AvgIpc) is 2.15. The van der Waals surface area contributed by atoms with Crippen LogP contribution in [0.4, 0.5) is 0 Å². The first kappa shape index (κ1) is 10.1. The Hall–Kier alpha value is -0.960. The smallest absolute Gasteiger partial charge is 0.120 e. The summed E-state index contributed by atoms with van der Waals surface area (Å²) in [6, 6.07) is 7.42. The molecule has 0 atom stereocenters. The van der Waals surface area contributed by atoms with Gasteiger partial charge in [0.15, 0.2) is 0 Å². The molecule has 0 bridgehead atoms. The summed E-state index contributed by atoms with van der Waals surface area (Å²) < 4.78 is 11.2. The summed E-state index contributed by atoms with van der Waals surface area (Å²) in [5.41, 5.74) is 0. The lowest BCUT2D eigenvalue weighted by molar-refractivity contribution is 0.359. The topological polar surface area (TPSA) is 18.5 Å². The highest BCUT2D eigenvalue weighted by molar-refractivity contribution is 9.11. The van der Waals surface area contributed by atoms with Crippen LogP contribution in [0.1, 0.15) is 0 Å². The highest BCUT2D eigenvalue weighted by Gasteiger charge is 1.94. The minimum atomic E-state index is 0.479. The summed E-state index contributed by atoms with van der Waals surface area (Å²) in [4.78, 5) is 0. The van der Waals surface area contributed by atoms with Crippen LogP contribution in [0.3, 0.4) is 0 Å². The van der Waals surface area contributed by atoms with E-state index in [2.05, 4.69) is 22.5 Å². The third-order valence-electron chi connectivity index (χ3n) is 1.45. The summed E-state index contributed by atoms with van der Waals surface area (Å²) in [7, 11) is 1.64. The second-order valence-electron chi connectivity index (χ2n) is 2.48. The Morgan fingerprint density at radius 2 is 1.85 bits per heavy atom. The highest BCUT2D eigenvalue weighted by atomic mass is 79.9. The standard InChI is InChI=1S/C10H11BrO2/c1-8(11)7-13-10-5-3-9(12-2)4-6-10/h3-6H,1,7H2,2H3. The maximum atomic E-state index is 5.36. The number of hydrogen-bond acceptors (Lipinski definition) is 2. The van der Waals surface area contributed by atoms with Gasteiger partial charge in [-0.1, -0.05) is 22.5 Å². The molecule has 0 amide bonds. The Bertz CT molecular complexity index is 279. The van der Waals surface area contributed by atoms with Gasteiger partial charge in [-0.15, -0.1) is 0 Å². The Labute approximate surface area is 86.3 Å². The normalized spacial score (nSPS) is 9.38. The van der Waals surface area contributed by atoms with Crippen molar-refractivity contribution in [2.24, 2.45) is 0 Å². The molecule has 0 heterocycles. The number of hydrogen-bond donors (Lipinski definition) is 0. The van der Waals surface area contributed by atoms with E-state index in [1.54, 1.807) is 7.11 Å². The van der Waals surface area contributed by atoms with Crippen LogP contribution >= 0.6 is 15.9 Å². The molecule has 0 radical (unpaired) electrons. The fourth-order valence-electron chi connectivity index (χ4n) is 0.834. The van der Waals surface area contributed by atoms with Crippen molar-refractivity contribution in [3.05, 3.63) is 35.3 Å². The average molecular weight is 243 g/mol. The van der Waals surface area contributed by atoms with Gasteiger partial charge in [-0.05, 0) is 24.3 Å². The first-order valence-electron chi connectivity index (χ1n) is 3.82. The largest absolute Gasteiger partial charge is 0.497 e. The fraction of sp³-hybridized carbons (Fsp3) is 0.200. The Balaban J connectivity index is 2.54. The van der Waals surface area contributed by atoms with Gasteiger partial charge in [0.1, 0.15) is 18.1 Å². The molecule has 0 N–H and O–H groups in total. The zero-order chi connectivity index (χ0) is 9.68. The molecule has 0 aromatic heterocycles. The third-order valence-corrected chi connectivity index (χ3v) is 1.68. The van der Waals surface area contributed by atoms with E-state index in [9.17, 15) is 0 Å². The Morgan fingerprint density at radius 3 is 2.31 bits per heavy atom. The van der Waals surface area contributed by atoms with Crippen molar-refractivity contribution in [1.29, 1.82) is 0 Å². The van der Waals surface area contributed by atoms with Crippen LogP contribution in [-0.4, -0.2) is 13.7 Å². The molecule has 3 heteroatoms. The summed E-state index contributed by atoms with van der Waals surface area (Å²) in [5.74, 6) is 1.63. The van der Waals surface area contributed by atoms with Crippen LogP contribution < -0.4 is 9.47 Å². The molecule has 13 heavy (non-hydrogen) atoms. The zero-order valence-corrected chi connectivity index (χ0v) is 9.00. The molecule has 0 spiro atoms. The molecule has 1 aromatic carbocycles. The summed E-state index contributed by atoms with van der Waals surface area (Å²) >= 11 is 3.22. The zero-order valence-electron chi connectivity index (χ0n) is 7.42. The van der Waals surface area contributed by atoms with E-state index in [-0.39, 0.29) is 0 Å². The molecule has 2 nitrogen and oxygen atoms in total. The maximum absolute atomic E-state index is 5.36. The lowest BCUT2D eigenvalue weighted by Gasteiger charge is -2.05. The first-order chi connectivity index (χ1) is 6.22. The van der Waals surface area contributed by atoms with Crippen LogP contribution in [-0.2, 0) is 0 Å². The van der Waals surface area contributed by atoms with E-state index in [0.717, 1.165) is 16.0 Å². The number of methoxy groups -OCH3 is 1. The highest BCUT2D eigenvalue weighted by Crippen LogP contribution is 2.17. The third kappa shape index (κ3) is 3.51. The van der Waals surface area contributed by atoms with Gasteiger partial charge in [0.25, 0.3) is 0 Å². The second kappa shape index (κ2) is 4.92. The number of rotatable bonds is 4. The summed E-state index contributed by atoms with van der Waals surface area (Å²) in [6.45, 7) is 4.15. The quantitative estimate of drug-likeness (QED) is 0.809. The number of halogens is 1. The fourth-order valence-corrected chi connectivity index (χ4v) is 0.948. The molecule has 0 aliphatic rings. The van der Waals surface area contributed by atoms with Gasteiger partial charge in [0.2, 0.25) is 0 Å². The van der Waals surface area contributed by atoms with E-state index in [1.807, 2.05) is 24.3 Å². The molecule has 1 aromatic rings. The van der Waals surface area contributed by atoms with Crippen molar-refractivity contribution >= 4 is 15.9 Å². The molecular formula is C10H11BrO2. The van der Waals surface area contributed by atoms with E-state index >= 15 is 0 Å². The van der Waals surface area contributed by atoms with Gasteiger partial charge in [-0.2, -0.15) is 0 Å². The van der Waals surface area contributed by atoms with Crippen LogP contribution in [0.5, 0.6) is 11.5 Å². The van der Waals surface area contributed by atoms with Crippen molar-refractivity contribution < 1.29 is 9.47 Å². The molecule has 70 valence electrons.